The van der Waals surface area contributed by atoms with Crippen molar-refractivity contribution in [1.82, 2.24) is 5.32 Å². The lowest BCUT2D eigenvalue weighted by molar-refractivity contribution is -0.142. The number of ether oxygens (including phenoxy) is 1. The number of carboxylic acid groups (broad SMARTS) is 1. The Labute approximate surface area is 110 Å². The van der Waals surface area contributed by atoms with E-state index in [0.29, 0.717) is 6.42 Å². The van der Waals surface area contributed by atoms with Crippen molar-refractivity contribution >= 4 is 11.9 Å². The van der Waals surface area contributed by atoms with E-state index in [4.69, 9.17) is 9.84 Å². The van der Waals surface area contributed by atoms with E-state index in [-0.39, 0.29) is 23.6 Å². The molecule has 19 heavy (non-hydrogen) atoms. The lowest BCUT2D eigenvalue weighted by Crippen LogP contribution is -2.33. The first-order valence-electron chi connectivity index (χ1n) is 5.85. The molecule has 0 spiro atoms. The molecular formula is C13H16FNO4. The van der Waals surface area contributed by atoms with E-state index >= 15 is 0 Å². The molecule has 0 aliphatic carbocycles. The summed E-state index contributed by atoms with van der Waals surface area (Å²) in [4.78, 5) is 22.6. The van der Waals surface area contributed by atoms with Crippen LogP contribution >= 0.6 is 0 Å². The number of rotatable bonds is 6. The molecule has 1 rings (SSSR count). The van der Waals surface area contributed by atoms with Crippen molar-refractivity contribution in [3.05, 3.63) is 29.6 Å². The number of hydrogen-bond acceptors (Lipinski definition) is 3. The Hall–Kier alpha value is -2.11. The molecule has 0 heterocycles. The fraction of sp³-hybridized carbons (Fsp3) is 0.385. The van der Waals surface area contributed by atoms with Crippen LogP contribution in [0, 0.1) is 5.82 Å². The zero-order valence-corrected chi connectivity index (χ0v) is 10.8. The highest BCUT2D eigenvalue weighted by atomic mass is 19.1. The maximum absolute atomic E-state index is 13.5. The predicted octanol–water partition coefficient (Wildman–Crippen LogP) is 1.88. The van der Waals surface area contributed by atoms with Crippen molar-refractivity contribution in [2.75, 3.05) is 7.11 Å². The van der Waals surface area contributed by atoms with Gasteiger partial charge in [-0.15, -0.1) is 0 Å². The maximum atomic E-state index is 13.5. The highest BCUT2D eigenvalue weighted by molar-refractivity contribution is 5.84. The summed E-state index contributed by atoms with van der Waals surface area (Å²) >= 11 is 0. The van der Waals surface area contributed by atoms with Gasteiger partial charge in [0.15, 0.2) is 17.6 Å². The van der Waals surface area contributed by atoms with Crippen molar-refractivity contribution in [2.45, 2.75) is 25.8 Å². The average Bonchev–Trinajstić information content (AvgIpc) is 2.36. The van der Waals surface area contributed by atoms with Crippen molar-refractivity contribution in [1.29, 1.82) is 0 Å². The van der Waals surface area contributed by atoms with Crippen LogP contribution in [0.1, 0.15) is 31.4 Å². The van der Waals surface area contributed by atoms with Gasteiger partial charge in [0.05, 0.1) is 7.11 Å². The molecule has 2 N–H and O–H groups in total. The summed E-state index contributed by atoms with van der Waals surface area (Å²) in [6.45, 7) is 1.81. The summed E-state index contributed by atoms with van der Waals surface area (Å²) in [7, 11) is 1.32. The van der Waals surface area contributed by atoms with Gasteiger partial charge in [-0.25, -0.2) is 9.18 Å². The molecule has 0 aromatic heterocycles. The van der Waals surface area contributed by atoms with E-state index in [2.05, 4.69) is 5.32 Å². The molecule has 5 nitrogen and oxygen atoms in total. The van der Waals surface area contributed by atoms with Gasteiger partial charge in [-0.05, 0) is 24.1 Å². The number of nitrogens with one attached hydrogen (secondary N) is 1. The van der Waals surface area contributed by atoms with E-state index in [1.165, 1.54) is 19.2 Å². The molecule has 0 radical (unpaired) electrons. The van der Waals surface area contributed by atoms with Gasteiger partial charge < -0.3 is 15.2 Å². The van der Waals surface area contributed by atoms with E-state index in [1.807, 2.05) is 6.92 Å². The second kappa shape index (κ2) is 6.72. The second-order valence-corrected chi connectivity index (χ2v) is 3.98. The van der Waals surface area contributed by atoms with Crippen LogP contribution in [-0.4, -0.2) is 24.1 Å². The zero-order valence-electron chi connectivity index (χ0n) is 10.8. The highest BCUT2D eigenvalue weighted by Gasteiger charge is 2.22. The molecule has 0 saturated carbocycles. The van der Waals surface area contributed by atoms with E-state index in [0.717, 1.165) is 6.07 Å². The molecule has 1 unspecified atom stereocenters. The molecule has 1 amide bonds. The maximum Gasteiger partial charge on any atom is 0.330 e. The molecule has 0 saturated heterocycles. The Morgan fingerprint density at radius 2 is 2.16 bits per heavy atom. The van der Waals surface area contributed by atoms with Gasteiger partial charge in [0.25, 0.3) is 0 Å². The number of benzene rings is 1. The van der Waals surface area contributed by atoms with Gasteiger partial charge >= 0.3 is 5.97 Å². The standard InChI is InChI=1S/C13H16FNO4/c1-3-4-11(16)15-12(13(17)18)8-5-6-10(19-2)9(14)7-8/h5-7,12H,3-4H2,1-2H3,(H,15,16)(H,17,18). The molecule has 0 aliphatic heterocycles. The van der Waals surface area contributed by atoms with Crippen molar-refractivity contribution < 1.29 is 23.8 Å². The Bertz CT molecular complexity index is 476. The fourth-order valence-electron chi connectivity index (χ4n) is 1.61. The molecule has 104 valence electrons. The first kappa shape index (κ1) is 14.9. The molecular weight excluding hydrogens is 253 g/mol. The van der Waals surface area contributed by atoms with Crippen LogP contribution in [0.3, 0.4) is 0 Å². The first-order chi connectivity index (χ1) is 8.99. The Kier molecular flexibility index (Phi) is 5.29. The SMILES string of the molecule is CCCC(=O)NC(C(=O)O)c1ccc(OC)c(F)c1. The molecule has 0 aliphatic rings. The summed E-state index contributed by atoms with van der Waals surface area (Å²) < 4.78 is 18.3. The molecule has 1 atom stereocenters. The number of carbonyl (C=O) groups is 2. The number of carbonyl (C=O) groups excluding carboxylic acids is 1. The van der Waals surface area contributed by atoms with Crippen LogP contribution in [-0.2, 0) is 9.59 Å². The van der Waals surface area contributed by atoms with Crippen LogP contribution in [0.25, 0.3) is 0 Å². The van der Waals surface area contributed by atoms with E-state index < -0.39 is 17.8 Å². The van der Waals surface area contributed by atoms with Crippen LogP contribution in [0.5, 0.6) is 5.75 Å². The fourth-order valence-corrected chi connectivity index (χ4v) is 1.61. The van der Waals surface area contributed by atoms with Gasteiger partial charge in [-0.3, -0.25) is 4.79 Å². The van der Waals surface area contributed by atoms with E-state index in [1.54, 1.807) is 0 Å². The summed E-state index contributed by atoms with van der Waals surface area (Å²) in [6.07, 6.45) is 0.831. The van der Waals surface area contributed by atoms with Gasteiger partial charge in [0.1, 0.15) is 0 Å². The normalized spacial score (nSPS) is 11.7. The largest absolute Gasteiger partial charge is 0.494 e. The second-order valence-electron chi connectivity index (χ2n) is 3.98. The number of amides is 1. The minimum atomic E-state index is -1.26. The van der Waals surface area contributed by atoms with Crippen LogP contribution in [0.2, 0.25) is 0 Å². The van der Waals surface area contributed by atoms with Gasteiger partial charge in [-0.1, -0.05) is 13.0 Å². The number of carboxylic acids is 1. The molecule has 6 heteroatoms. The number of aliphatic carboxylic acids is 1. The van der Waals surface area contributed by atoms with Gasteiger partial charge in [0, 0.05) is 6.42 Å². The predicted molar refractivity (Wildman–Crippen MR) is 66.4 cm³/mol. The average molecular weight is 269 g/mol. The smallest absolute Gasteiger partial charge is 0.330 e. The Balaban J connectivity index is 2.96. The third kappa shape index (κ3) is 3.94. The topological polar surface area (TPSA) is 75.6 Å². The van der Waals surface area contributed by atoms with Gasteiger partial charge in [0.2, 0.25) is 5.91 Å². The number of halogens is 1. The first-order valence-corrected chi connectivity index (χ1v) is 5.85. The summed E-state index contributed by atoms with van der Waals surface area (Å²) in [5.74, 6) is -2.27. The quantitative estimate of drug-likeness (QED) is 0.826. The van der Waals surface area contributed by atoms with E-state index in [9.17, 15) is 14.0 Å². The Morgan fingerprint density at radius 1 is 1.47 bits per heavy atom. The zero-order chi connectivity index (χ0) is 14.4. The minimum absolute atomic E-state index is 0.0211. The lowest BCUT2D eigenvalue weighted by Gasteiger charge is -2.15. The minimum Gasteiger partial charge on any atom is -0.494 e. The molecule has 1 aromatic rings. The summed E-state index contributed by atoms with van der Waals surface area (Å²) in [5, 5.41) is 11.4. The number of methoxy groups -OCH3 is 1. The molecule has 1 aromatic carbocycles. The molecule has 0 bridgehead atoms. The third-order valence-corrected chi connectivity index (χ3v) is 2.54. The van der Waals surface area contributed by atoms with Gasteiger partial charge in [-0.2, -0.15) is 0 Å². The number of hydrogen-bond donors (Lipinski definition) is 2. The van der Waals surface area contributed by atoms with Crippen LogP contribution in [0.15, 0.2) is 18.2 Å². The Morgan fingerprint density at radius 3 is 2.63 bits per heavy atom. The lowest BCUT2D eigenvalue weighted by atomic mass is 10.1. The summed E-state index contributed by atoms with van der Waals surface area (Å²) in [6, 6.07) is 2.52. The van der Waals surface area contributed by atoms with Crippen molar-refractivity contribution in [2.24, 2.45) is 0 Å². The molecule has 0 fully saturated rings. The van der Waals surface area contributed by atoms with Crippen LogP contribution in [0.4, 0.5) is 4.39 Å². The monoisotopic (exact) mass is 269 g/mol. The van der Waals surface area contributed by atoms with Crippen LogP contribution < -0.4 is 10.1 Å². The highest BCUT2D eigenvalue weighted by Crippen LogP contribution is 2.22. The van der Waals surface area contributed by atoms with Crippen molar-refractivity contribution in [3.8, 4) is 5.75 Å². The van der Waals surface area contributed by atoms with Crippen molar-refractivity contribution in [3.63, 3.8) is 0 Å². The summed E-state index contributed by atoms with van der Waals surface area (Å²) in [5.41, 5.74) is 0.162. The third-order valence-electron chi connectivity index (χ3n) is 2.54.